The monoisotopic (exact) mass is 403 g/mol. The second-order valence-corrected chi connectivity index (χ2v) is 7.58. The summed E-state index contributed by atoms with van der Waals surface area (Å²) in [6.07, 6.45) is 8.96. The van der Waals surface area contributed by atoms with E-state index in [1.807, 2.05) is 0 Å². The standard InChI is InChI=1S/C21H26FN3O4/c22-18-9-7-17(8-10-18)21(28)24-12-4-3-11-23(24)20(27)14-19(25(29)15-26)13-16-5-1-2-6-16/h3,7-11,15-16,19,29H,1-2,4-6,12-14H2. The normalized spacial score (nSPS) is 18.0. The van der Waals surface area contributed by atoms with E-state index < -0.39 is 17.8 Å². The Hall–Kier alpha value is -2.74. The Morgan fingerprint density at radius 2 is 1.93 bits per heavy atom. The first-order chi connectivity index (χ1) is 14.0. The molecular weight excluding hydrogens is 377 g/mol. The highest BCUT2D eigenvalue weighted by Crippen LogP contribution is 2.30. The number of hydrazine groups is 1. The lowest BCUT2D eigenvalue weighted by Gasteiger charge is -2.36. The molecule has 0 bridgehead atoms. The zero-order valence-electron chi connectivity index (χ0n) is 16.2. The molecule has 2 aliphatic rings. The van der Waals surface area contributed by atoms with Gasteiger partial charge in [-0.15, -0.1) is 0 Å². The number of nitrogens with zero attached hydrogens (tertiary/aromatic N) is 3. The summed E-state index contributed by atoms with van der Waals surface area (Å²) in [4.78, 5) is 36.9. The number of halogens is 1. The minimum Gasteiger partial charge on any atom is -0.286 e. The van der Waals surface area contributed by atoms with Gasteiger partial charge in [-0.2, -0.15) is 0 Å². The molecule has 0 radical (unpaired) electrons. The Morgan fingerprint density at radius 1 is 1.24 bits per heavy atom. The summed E-state index contributed by atoms with van der Waals surface area (Å²) >= 11 is 0. The second kappa shape index (κ2) is 9.65. The highest BCUT2D eigenvalue weighted by Gasteiger charge is 2.31. The fourth-order valence-electron chi connectivity index (χ4n) is 4.01. The van der Waals surface area contributed by atoms with E-state index in [9.17, 15) is 24.0 Å². The van der Waals surface area contributed by atoms with Crippen LogP contribution in [0.15, 0.2) is 36.5 Å². The third-order valence-corrected chi connectivity index (χ3v) is 5.57. The maximum absolute atomic E-state index is 13.2. The molecule has 1 N–H and O–H groups in total. The van der Waals surface area contributed by atoms with Crippen molar-refractivity contribution in [3.05, 3.63) is 47.9 Å². The minimum absolute atomic E-state index is 0.0940. The van der Waals surface area contributed by atoms with Crippen molar-refractivity contribution in [3.63, 3.8) is 0 Å². The predicted octanol–water partition coefficient (Wildman–Crippen LogP) is 3.12. The highest BCUT2D eigenvalue weighted by atomic mass is 19.1. The molecule has 1 fully saturated rings. The van der Waals surface area contributed by atoms with Crippen LogP contribution in [0.5, 0.6) is 0 Å². The molecule has 1 atom stereocenters. The van der Waals surface area contributed by atoms with Crippen molar-refractivity contribution in [3.8, 4) is 0 Å². The molecule has 3 rings (SSSR count). The molecule has 29 heavy (non-hydrogen) atoms. The summed E-state index contributed by atoms with van der Waals surface area (Å²) in [5.41, 5.74) is 0.277. The third kappa shape index (κ3) is 5.20. The average molecular weight is 403 g/mol. The first-order valence-electron chi connectivity index (χ1n) is 9.98. The van der Waals surface area contributed by atoms with Crippen LogP contribution >= 0.6 is 0 Å². The molecule has 1 aromatic rings. The van der Waals surface area contributed by atoms with Crippen LogP contribution < -0.4 is 0 Å². The highest BCUT2D eigenvalue weighted by molar-refractivity contribution is 5.95. The van der Waals surface area contributed by atoms with E-state index in [2.05, 4.69) is 0 Å². The lowest BCUT2D eigenvalue weighted by atomic mass is 9.96. The molecule has 156 valence electrons. The summed E-state index contributed by atoms with van der Waals surface area (Å²) in [7, 11) is 0. The van der Waals surface area contributed by atoms with Crippen LogP contribution in [0, 0.1) is 11.7 Å². The number of hydroxylamine groups is 2. The van der Waals surface area contributed by atoms with Gasteiger partial charge in [-0.25, -0.2) is 19.5 Å². The molecule has 1 aromatic carbocycles. The summed E-state index contributed by atoms with van der Waals surface area (Å²) in [6.45, 7) is 0.308. The lowest BCUT2D eigenvalue weighted by molar-refractivity contribution is -0.166. The van der Waals surface area contributed by atoms with Crippen LogP contribution in [0.25, 0.3) is 0 Å². The fourth-order valence-corrected chi connectivity index (χ4v) is 4.01. The number of hydrogen-bond acceptors (Lipinski definition) is 4. The van der Waals surface area contributed by atoms with E-state index in [-0.39, 0.29) is 17.9 Å². The number of amides is 3. The summed E-state index contributed by atoms with van der Waals surface area (Å²) in [5.74, 6) is -0.873. The van der Waals surface area contributed by atoms with Crippen molar-refractivity contribution in [2.24, 2.45) is 5.92 Å². The van der Waals surface area contributed by atoms with Gasteiger partial charge in [0.05, 0.1) is 12.5 Å². The van der Waals surface area contributed by atoms with Gasteiger partial charge >= 0.3 is 0 Å². The average Bonchev–Trinajstić information content (AvgIpc) is 3.26. The molecule has 7 nitrogen and oxygen atoms in total. The van der Waals surface area contributed by atoms with Gasteiger partial charge in [0.25, 0.3) is 5.91 Å². The molecule has 1 unspecified atom stereocenters. The summed E-state index contributed by atoms with van der Waals surface area (Å²) in [6, 6.07) is 4.52. The van der Waals surface area contributed by atoms with Gasteiger partial charge in [0.1, 0.15) is 5.82 Å². The van der Waals surface area contributed by atoms with Crippen LogP contribution in [-0.4, -0.2) is 51.1 Å². The van der Waals surface area contributed by atoms with E-state index in [0.29, 0.717) is 36.8 Å². The Morgan fingerprint density at radius 3 is 2.59 bits per heavy atom. The number of carbonyl (C=O) groups excluding carboxylic acids is 3. The van der Waals surface area contributed by atoms with Crippen molar-refractivity contribution in [2.75, 3.05) is 6.54 Å². The molecule has 0 aromatic heterocycles. The summed E-state index contributed by atoms with van der Waals surface area (Å²) in [5, 5.41) is 13.1. The van der Waals surface area contributed by atoms with Crippen LogP contribution in [0.1, 0.15) is 55.3 Å². The Kier molecular flexibility index (Phi) is 6.98. The first-order valence-corrected chi connectivity index (χ1v) is 9.98. The van der Waals surface area contributed by atoms with Gasteiger partial charge in [-0.1, -0.05) is 31.8 Å². The van der Waals surface area contributed by atoms with E-state index in [4.69, 9.17) is 0 Å². The van der Waals surface area contributed by atoms with Gasteiger partial charge in [-0.05, 0) is 43.0 Å². The third-order valence-electron chi connectivity index (χ3n) is 5.57. The van der Waals surface area contributed by atoms with Crippen LogP contribution in [-0.2, 0) is 9.59 Å². The number of hydrogen-bond donors (Lipinski definition) is 1. The molecule has 8 heteroatoms. The van der Waals surface area contributed by atoms with Crippen LogP contribution in [0.2, 0.25) is 0 Å². The second-order valence-electron chi connectivity index (χ2n) is 7.58. The van der Waals surface area contributed by atoms with Crippen molar-refractivity contribution >= 4 is 18.2 Å². The Bertz CT molecular complexity index is 762. The molecular formula is C21H26FN3O4. The fraction of sp³-hybridized carbons (Fsp3) is 0.476. The van der Waals surface area contributed by atoms with Crippen molar-refractivity contribution in [1.29, 1.82) is 0 Å². The van der Waals surface area contributed by atoms with Gasteiger partial charge in [-0.3, -0.25) is 19.6 Å². The molecule has 1 aliphatic carbocycles. The SMILES string of the molecule is O=CN(O)C(CC(=O)N1C=CCCN1C(=O)c1ccc(F)cc1)CC1CCCC1. The molecule has 0 spiro atoms. The van der Waals surface area contributed by atoms with E-state index in [1.54, 1.807) is 6.08 Å². The summed E-state index contributed by atoms with van der Waals surface area (Å²) < 4.78 is 13.2. The Balaban J connectivity index is 1.72. The largest absolute Gasteiger partial charge is 0.286 e. The van der Waals surface area contributed by atoms with E-state index >= 15 is 0 Å². The van der Waals surface area contributed by atoms with Gasteiger partial charge in [0.2, 0.25) is 12.3 Å². The van der Waals surface area contributed by atoms with Crippen LogP contribution in [0.3, 0.4) is 0 Å². The quantitative estimate of drug-likeness (QED) is 0.431. The van der Waals surface area contributed by atoms with E-state index in [0.717, 1.165) is 25.7 Å². The molecule has 1 saturated carbocycles. The van der Waals surface area contributed by atoms with Crippen molar-refractivity contribution in [1.82, 2.24) is 15.1 Å². The van der Waals surface area contributed by atoms with E-state index in [1.165, 1.54) is 40.5 Å². The van der Waals surface area contributed by atoms with Gasteiger partial charge in [0, 0.05) is 18.3 Å². The van der Waals surface area contributed by atoms with Crippen LogP contribution in [0.4, 0.5) is 4.39 Å². The smallest absolute Gasteiger partial charge is 0.272 e. The first kappa shape index (κ1) is 21.0. The van der Waals surface area contributed by atoms with Gasteiger partial charge < -0.3 is 0 Å². The Labute approximate surface area is 169 Å². The topological polar surface area (TPSA) is 81.2 Å². The number of rotatable bonds is 7. The molecule has 1 heterocycles. The number of benzene rings is 1. The number of carbonyl (C=O) groups is 3. The maximum atomic E-state index is 13.2. The van der Waals surface area contributed by atoms with Crippen molar-refractivity contribution in [2.45, 2.75) is 51.0 Å². The molecule has 0 saturated heterocycles. The zero-order valence-corrected chi connectivity index (χ0v) is 16.2. The maximum Gasteiger partial charge on any atom is 0.272 e. The van der Waals surface area contributed by atoms with Crippen molar-refractivity contribution < 1.29 is 24.0 Å². The minimum atomic E-state index is -0.638. The van der Waals surface area contributed by atoms with Gasteiger partial charge in [0.15, 0.2) is 0 Å². The molecule has 1 aliphatic heterocycles. The predicted molar refractivity (Wildman–Crippen MR) is 103 cm³/mol. The molecule has 3 amide bonds. The lowest BCUT2D eigenvalue weighted by Crippen LogP contribution is -2.50. The zero-order chi connectivity index (χ0) is 20.8.